The summed E-state index contributed by atoms with van der Waals surface area (Å²) in [5.41, 5.74) is -0.767. The minimum absolute atomic E-state index is 0. The summed E-state index contributed by atoms with van der Waals surface area (Å²) in [6, 6.07) is 0. The van der Waals surface area contributed by atoms with Crippen LogP contribution in [0, 0.1) is 0 Å². The number of carbonyl (C=O) groups is 2. The first kappa shape index (κ1) is 15.1. The van der Waals surface area contributed by atoms with E-state index in [4.69, 9.17) is 21.3 Å². The Morgan fingerprint density at radius 1 is 1.81 bits per heavy atom. The maximum Gasteiger partial charge on any atom is 0.425 e. The van der Waals surface area contributed by atoms with Crippen LogP contribution < -0.4 is 0 Å². The molecule has 0 radical (unpaired) electrons. The number of cyclic esters (lactones) is 1. The minimum Gasteiger partial charge on any atom is -0.460 e. The van der Waals surface area contributed by atoms with Crippen molar-refractivity contribution < 1.29 is 19.1 Å². The summed E-state index contributed by atoms with van der Waals surface area (Å²) < 4.78 is 10.6. The number of hydrogen-bond donors (Lipinski definition) is 0. The highest BCUT2D eigenvalue weighted by Crippen LogP contribution is 2.30. The fraction of sp³-hybridized carbons (Fsp3) is 0.556. The molecule has 1 unspecified atom stereocenters. The van der Waals surface area contributed by atoms with Gasteiger partial charge in [0.15, 0.2) is 0 Å². The van der Waals surface area contributed by atoms with Crippen LogP contribution in [0.15, 0.2) is 12.7 Å². The Balaban J connectivity index is 0.00000225. The third-order valence-electron chi connectivity index (χ3n) is 2.35. The number of nitrogens with zero attached hydrogens (tertiary/aromatic N) is 1. The fourth-order valence-electron chi connectivity index (χ4n) is 1.21. The predicted octanol–water partition coefficient (Wildman–Crippen LogP) is 1.89. The molecule has 1 heterocycles. The van der Waals surface area contributed by atoms with Gasteiger partial charge in [-0.25, -0.2) is 14.0 Å². The molecule has 0 saturated carbocycles. The van der Waals surface area contributed by atoms with E-state index in [1.54, 1.807) is 0 Å². The van der Waals surface area contributed by atoms with E-state index in [2.05, 4.69) is 6.58 Å². The zero-order valence-electron chi connectivity index (χ0n) is 8.77. The number of hydrogen-bond acceptors (Lipinski definition) is 4. The van der Waals surface area contributed by atoms with Gasteiger partial charge >= 0.3 is 12.1 Å². The van der Waals surface area contributed by atoms with Gasteiger partial charge in [-0.3, -0.25) is 0 Å². The molecule has 0 aromatic heterocycles. The summed E-state index contributed by atoms with van der Waals surface area (Å²) in [6.07, 6.45) is 0.972. The van der Waals surface area contributed by atoms with Crippen LogP contribution in [0.25, 0.3) is 0 Å². The number of carbonyl (C=O) groups excluding carboxylic acids is 2. The zero-order chi connectivity index (χ0) is 11.5. The van der Waals surface area contributed by atoms with E-state index in [1.165, 1.54) is 0 Å². The van der Waals surface area contributed by atoms with Crippen LogP contribution in [0.3, 0.4) is 0 Å². The first-order valence-corrected chi connectivity index (χ1v) is 4.81. The summed E-state index contributed by atoms with van der Waals surface area (Å²) in [7, 11) is 0. The van der Waals surface area contributed by atoms with Crippen LogP contribution in [0.4, 0.5) is 4.79 Å². The van der Waals surface area contributed by atoms with Gasteiger partial charge in [0.05, 0.1) is 0 Å². The van der Waals surface area contributed by atoms with Gasteiger partial charge in [0.25, 0.3) is 0 Å². The fourth-order valence-corrected chi connectivity index (χ4v) is 1.47. The topological polar surface area (TPSA) is 55.8 Å². The Morgan fingerprint density at radius 3 is 2.81 bits per heavy atom. The van der Waals surface area contributed by atoms with Gasteiger partial charge in [-0.05, 0) is 6.42 Å². The summed E-state index contributed by atoms with van der Waals surface area (Å²) in [5, 5.41) is 0. The highest BCUT2D eigenvalue weighted by atomic mass is 35.5. The molecule has 92 valence electrons. The summed E-state index contributed by atoms with van der Waals surface area (Å²) in [4.78, 5) is 22.0. The van der Waals surface area contributed by atoms with Crippen LogP contribution in [-0.4, -0.2) is 35.2 Å². The Bertz CT molecular complexity index is 297. The Labute approximate surface area is 105 Å². The number of amides is 1. The number of ether oxygens (including phenoxy) is 2. The van der Waals surface area contributed by atoms with Crippen molar-refractivity contribution in [3.05, 3.63) is 12.7 Å². The van der Waals surface area contributed by atoms with Gasteiger partial charge in [0.2, 0.25) is 0 Å². The summed E-state index contributed by atoms with van der Waals surface area (Å²) in [6.45, 7) is 5.23. The minimum atomic E-state index is -0.767. The van der Waals surface area contributed by atoms with Crippen molar-refractivity contribution in [2.75, 3.05) is 13.2 Å². The van der Waals surface area contributed by atoms with E-state index < -0.39 is 17.6 Å². The molecule has 0 N–H and O–H groups in total. The van der Waals surface area contributed by atoms with Gasteiger partial charge in [0.1, 0.15) is 18.8 Å². The molecule has 1 aliphatic heterocycles. The highest BCUT2D eigenvalue weighted by Gasteiger charge is 2.47. The largest absolute Gasteiger partial charge is 0.460 e. The predicted molar refractivity (Wildman–Crippen MR) is 60.5 cm³/mol. The number of rotatable bonds is 4. The number of halogens is 2. The van der Waals surface area contributed by atoms with E-state index >= 15 is 0 Å². The zero-order valence-corrected chi connectivity index (χ0v) is 10.3. The molecule has 1 amide bonds. The van der Waals surface area contributed by atoms with Crippen LogP contribution in [-0.2, 0) is 14.3 Å². The first-order chi connectivity index (χ1) is 7.05. The van der Waals surface area contributed by atoms with Crippen molar-refractivity contribution in [3.63, 3.8) is 0 Å². The molecule has 0 aliphatic carbocycles. The summed E-state index contributed by atoms with van der Waals surface area (Å²) >= 11 is 5.75. The molecule has 16 heavy (non-hydrogen) atoms. The second-order valence-corrected chi connectivity index (χ2v) is 3.56. The molecule has 0 bridgehead atoms. The van der Waals surface area contributed by atoms with Crippen LogP contribution in [0.1, 0.15) is 13.3 Å². The molecular formula is C9H13Cl2NO4. The van der Waals surface area contributed by atoms with Crippen molar-refractivity contribution in [2.24, 2.45) is 0 Å². The van der Waals surface area contributed by atoms with Crippen molar-refractivity contribution in [3.8, 4) is 0 Å². The number of esters is 1. The van der Waals surface area contributed by atoms with Crippen molar-refractivity contribution in [1.29, 1.82) is 0 Å². The van der Waals surface area contributed by atoms with E-state index in [0.717, 1.165) is 10.5 Å². The lowest BCUT2D eigenvalue weighted by molar-refractivity contribution is -0.140. The molecular weight excluding hydrogens is 257 g/mol. The maximum absolute atomic E-state index is 11.1. The average molecular weight is 270 g/mol. The quantitative estimate of drug-likeness (QED) is 0.444. The van der Waals surface area contributed by atoms with Crippen LogP contribution >= 0.6 is 24.2 Å². The van der Waals surface area contributed by atoms with E-state index in [-0.39, 0.29) is 25.6 Å². The molecule has 5 nitrogen and oxygen atoms in total. The van der Waals surface area contributed by atoms with Crippen molar-refractivity contribution >= 4 is 36.2 Å². The molecule has 1 fully saturated rings. The molecule has 7 heteroatoms. The van der Waals surface area contributed by atoms with Crippen LogP contribution in [0.2, 0.25) is 0 Å². The molecule has 1 atom stereocenters. The second kappa shape index (κ2) is 5.96. The molecule has 0 aromatic rings. The van der Waals surface area contributed by atoms with E-state index in [9.17, 15) is 9.59 Å². The standard InChI is InChI=1S/C9H12ClNO4.ClH/c1-3-7(12)14-5-9(4-2)6-15-8(13)11(9)10;/h3H,1,4-6H2,2H3;1H. The molecule has 1 rings (SSSR count). The van der Waals surface area contributed by atoms with Gasteiger partial charge in [-0.15, -0.1) is 12.4 Å². The van der Waals surface area contributed by atoms with Gasteiger partial charge < -0.3 is 9.47 Å². The Kier molecular flexibility index (Phi) is 5.61. The normalized spacial score (nSPS) is 23.4. The second-order valence-electron chi connectivity index (χ2n) is 3.23. The lowest BCUT2D eigenvalue weighted by Gasteiger charge is -2.28. The highest BCUT2D eigenvalue weighted by molar-refractivity contribution is 6.21. The average Bonchev–Trinajstić information content (AvgIpc) is 2.54. The van der Waals surface area contributed by atoms with Gasteiger partial charge in [-0.1, -0.05) is 13.5 Å². The molecule has 0 spiro atoms. The lowest BCUT2D eigenvalue weighted by atomic mass is 10.00. The third kappa shape index (κ3) is 2.80. The molecule has 0 aromatic carbocycles. The molecule has 1 saturated heterocycles. The smallest absolute Gasteiger partial charge is 0.425 e. The lowest BCUT2D eigenvalue weighted by Crippen LogP contribution is -2.45. The Morgan fingerprint density at radius 2 is 2.44 bits per heavy atom. The van der Waals surface area contributed by atoms with Crippen molar-refractivity contribution in [2.45, 2.75) is 18.9 Å². The van der Waals surface area contributed by atoms with Crippen LogP contribution in [0.5, 0.6) is 0 Å². The third-order valence-corrected chi connectivity index (χ3v) is 2.85. The Hall–Kier alpha value is -0.940. The summed E-state index contributed by atoms with van der Waals surface area (Å²) in [5.74, 6) is -0.549. The maximum atomic E-state index is 11.1. The van der Waals surface area contributed by atoms with Gasteiger partial charge in [-0.2, -0.15) is 0 Å². The van der Waals surface area contributed by atoms with Crippen molar-refractivity contribution in [1.82, 2.24) is 4.42 Å². The SMILES string of the molecule is C=CC(=O)OCC1(CC)COC(=O)N1Cl.Cl. The van der Waals surface area contributed by atoms with E-state index in [1.807, 2.05) is 6.92 Å². The van der Waals surface area contributed by atoms with E-state index in [0.29, 0.717) is 6.42 Å². The van der Waals surface area contributed by atoms with Gasteiger partial charge in [0, 0.05) is 17.9 Å². The monoisotopic (exact) mass is 269 g/mol. The molecule has 1 aliphatic rings. The first-order valence-electron chi connectivity index (χ1n) is 4.47.